The second kappa shape index (κ2) is 5.63. The van der Waals surface area contributed by atoms with Crippen LogP contribution in [0.2, 0.25) is 0 Å². The zero-order valence-electron chi connectivity index (χ0n) is 10.6. The van der Waals surface area contributed by atoms with Crippen LogP contribution in [0.3, 0.4) is 0 Å². The molecule has 1 aromatic heterocycles. The number of rotatable bonds is 2. The SMILES string of the molecule is CN(C(=O)c1ccnc(C#N)c1)C1CCCCC1. The molecule has 1 aliphatic carbocycles. The number of carbonyl (C=O) groups excluding carboxylic acids is 1. The molecule has 0 saturated heterocycles. The fourth-order valence-electron chi connectivity index (χ4n) is 2.46. The molecule has 1 aromatic rings. The molecule has 0 atom stereocenters. The van der Waals surface area contributed by atoms with Crippen molar-refractivity contribution in [3.05, 3.63) is 29.6 Å². The first-order valence-corrected chi connectivity index (χ1v) is 6.35. The smallest absolute Gasteiger partial charge is 0.254 e. The van der Waals surface area contributed by atoms with Crippen molar-refractivity contribution in [2.75, 3.05) is 7.05 Å². The van der Waals surface area contributed by atoms with E-state index in [1.807, 2.05) is 18.0 Å². The van der Waals surface area contributed by atoms with Crippen molar-refractivity contribution in [3.8, 4) is 6.07 Å². The molecule has 4 nitrogen and oxygen atoms in total. The Balaban J connectivity index is 2.12. The predicted molar refractivity (Wildman–Crippen MR) is 67.9 cm³/mol. The van der Waals surface area contributed by atoms with Crippen LogP contribution in [-0.4, -0.2) is 28.9 Å². The topological polar surface area (TPSA) is 57.0 Å². The molecule has 18 heavy (non-hydrogen) atoms. The second-order valence-electron chi connectivity index (χ2n) is 4.75. The molecule has 0 unspecified atom stereocenters. The third-order valence-electron chi connectivity index (χ3n) is 3.56. The van der Waals surface area contributed by atoms with Crippen molar-refractivity contribution in [1.29, 1.82) is 5.26 Å². The summed E-state index contributed by atoms with van der Waals surface area (Å²) in [7, 11) is 1.85. The Morgan fingerprint density at radius 2 is 2.17 bits per heavy atom. The summed E-state index contributed by atoms with van der Waals surface area (Å²) in [6, 6.07) is 5.52. The van der Waals surface area contributed by atoms with Crippen LogP contribution in [0.4, 0.5) is 0 Å². The van der Waals surface area contributed by atoms with E-state index in [0.29, 0.717) is 11.6 Å². The number of pyridine rings is 1. The first-order valence-electron chi connectivity index (χ1n) is 6.35. The summed E-state index contributed by atoms with van der Waals surface area (Å²) in [5.74, 6) is -0.0131. The zero-order chi connectivity index (χ0) is 13.0. The number of nitriles is 1. The normalized spacial score (nSPS) is 16.0. The van der Waals surface area contributed by atoms with E-state index in [1.54, 1.807) is 12.1 Å². The van der Waals surface area contributed by atoms with Gasteiger partial charge in [-0.25, -0.2) is 4.98 Å². The summed E-state index contributed by atoms with van der Waals surface area (Å²) < 4.78 is 0. The lowest BCUT2D eigenvalue weighted by Gasteiger charge is -2.31. The molecule has 0 bridgehead atoms. The number of amides is 1. The van der Waals surface area contributed by atoms with Crippen molar-refractivity contribution in [2.45, 2.75) is 38.1 Å². The van der Waals surface area contributed by atoms with Gasteiger partial charge < -0.3 is 4.90 Å². The minimum Gasteiger partial charge on any atom is -0.339 e. The molecule has 0 N–H and O–H groups in total. The van der Waals surface area contributed by atoms with Crippen LogP contribution in [0.25, 0.3) is 0 Å². The minimum absolute atomic E-state index is 0.0131. The quantitative estimate of drug-likeness (QED) is 0.801. The number of hydrogen-bond acceptors (Lipinski definition) is 3. The van der Waals surface area contributed by atoms with Crippen molar-refractivity contribution in [3.63, 3.8) is 0 Å². The predicted octanol–water partition coefficient (Wildman–Crippen LogP) is 2.36. The van der Waals surface area contributed by atoms with Crippen LogP contribution in [0, 0.1) is 11.3 Å². The van der Waals surface area contributed by atoms with Gasteiger partial charge in [0.2, 0.25) is 0 Å². The molecule has 0 spiro atoms. The first-order chi connectivity index (χ1) is 8.72. The summed E-state index contributed by atoms with van der Waals surface area (Å²) >= 11 is 0. The lowest BCUT2D eigenvalue weighted by atomic mass is 9.94. The van der Waals surface area contributed by atoms with E-state index in [-0.39, 0.29) is 11.6 Å². The van der Waals surface area contributed by atoms with Gasteiger partial charge in [-0.3, -0.25) is 4.79 Å². The third kappa shape index (κ3) is 2.67. The fraction of sp³-hybridized carbons (Fsp3) is 0.500. The average molecular weight is 243 g/mol. The maximum atomic E-state index is 12.3. The van der Waals surface area contributed by atoms with Crippen LogP contribution in [0.15, 0.2) is 18.3 Å². The van der Waals surface area contributed by atoms with Crippen LogP contribution >= 0.6 is 0 Å². The van der Waals surface area contributed by atoms with Gasteiger partial charge in [0.05, 0.1) is 0 Å². The Bertz CT molecular complexity index is 472. The van der Waals surface area contributed by atoms with Crippen molar-refractivity contribution in [1.82, 2.24) is 9.88 Å². The van der Waals surface area contributed by atoms with E-state index in [9.17, 15) is 4.79 Å². The molecule has 1 fully saturated rings. The highest BCUT2D eigenvalue weighted by Gasteiger charge is 2.23. The third-order valence-corrected chi connectivity index (χ3v) is 3.56. The summed E-state index contributed by atoms with van der Waals surface area (Å²) in [5, 5.41) is 8.79. The van der Waals surface area contributed by atoms with Crippen molar-refractivity contribution in [2.24, 2.45) is 0 Å². The molecule has 94 valence electrons. The molecule has 1 heterocycles. The second-order valence-corrected chi connectivity index (χ2v) is 4.75. The highest BCUT2D eigenvalue weighted by molar-refractivity contribution is 5.94. The molecule has 0 aliphatic heterocycles. The molecule has 0 aromatic carbocycles. The summed E-state index contributed by atoms with van der Waals surface area (Å²) in [6.45, 7) is 0. The first kappa shape index (κ1) is 12.6. The van der Waals surface area contributed by atoms with Gasteiger partial charge >= 0.3 is 0 Å². The van der Waals surface area contributed by atoms with E-state index in [1.165, 1.54) is 25.5 Å². The van der Waals surface area contributed by atoms with E-state index in [2.05, 4.69) is 4.98 Å². The largest absolute Gasteiger partial charge is 0.339 e. The van der Waals surface area contributed by atoms with Crippen LogP contribution in [0.5, 0.6) is 0 Å². The highest BCUT2D eigenvalue weighted by atomic mass is 16.2. The average Bonchev–Trinajstić information content (AvgIpc) is 2.46. The summed E-state index contributed by atoms with van der Waals surface area (Å²) in [4.78, 5) is 18.0. The summed E-state index contributed by atoms with van der Waals surface area (Å²) in [5.41, 5.74) is 0.840. The Morgan fingerprint density at radius 1 is 1.44 bits per heavy atom. The Hall–Kier alpha value is -1.89. The lowest BCUT2D eigenvalue weighted by molar-refractivity contribution is 0.0696. The lowest BCUT2D eigenvalue weighted by Crippen LogP contribution is -2.38. The number of aromatic nitrogens is 1. The maximum Gasteiger partial charge on any atom is 0.254 e. The molecular weight excluding hydrogens is 226 g/mol. The highest BCUT2D eigenvalue weighted by Crippen LogP contribution is 2.22. The van der Waals surface area contributed by atoms with E-state index >= 15 is 0 Å². The number of hydrogen-bond donors (Lipinski definition) is 0. The standard InChI is InChI=1S/C14H17N3O/c1-17(13-5-3-2-4-6-13)14(18)11-7-8-16-12(9-11)10-15/h7-9,13H,2-6H2,1H3. The van der Waals surface area contributed by atoms with Gasteiger partial charge in [-0.05, 0) is 25.0 Å². The molecule has 1 amide bonds. The van der Waals surface area contributed by atoms with Gasteiger partial charge in [-0.1, -0.05) is 19.3 Å². The summed E-state index contributed by atoms with van der Waals surface area (Å²) in [6.07, 6.45) is 7.34. The van der Waals surface area contributed by atoms with Crippen LogP contribution in [-0.2, 0) is 0 Å². The van der Waals surface area contributed by atoms with Crippen LogP contribution < -0.4 is 0 Å². The molecule has 0 radical (unpaired) electrons. The van der Waals surface area contributed by atoms with Crippen LogP contribution in [0.1, 0.15) is 48.2 Å². The Morgan fingerprint density at radius 3 is 2.83 bits per heavy atom. The Labute approximate surface area is 107 Å². The van der Waals surface area contributed by atoms with Crippen molar-refractivity contribution >= 4 is 5.91 Å². The Kier molecular flexibility index (Phi) is 3.93. The van der Waals surface area contributed by atoms with E-state index in [4.69, 9.17) is 5.26 Å². The van der Waals surface area contributed by atoms with Gasteiger partial charge in [-0.15, -0.1) is 0 Å². The monoisotopic (exact) mass is 243 g/mol. The number of nitrogens with zero attached hydrogens (tertiary/aromatic N) is 3. The fourth-order valence-corrected chi connectivity index (χ4v) is 2.46. The van der Waals surface area contributed by atoms with Gasteiger partial charge in [0.1, 0.15) is 11.8 Å². The molecule has 1 saturated carbocycles. The van der Waals surface area contributed by atoms with Gasteiger partial charge in [0, 0.05) is 24.8 Å². The van der Waals surface area contributed by atoms with Crippen molar-refractivity contribution < 1.29 is 4.79 Å². The molecule has 1 aliphatic rings. The molecule has 2 rings (SSSR count). The molecular formula is C14H17N3O. The van der Waals surface area contributed by atoms with Gasteiger partial charge in [0.25, 0.3) is 5.91 Å². The minimum atomic E-state index is -0.0131. The maximum absolute atomic E-state index is 12.3. The zero-order valence-corrected chi connectivity index (χ0v) is 10.6. The van der Waals surface area contributed by atoms with E-state index < -0.39 is 0 Å². The molecule has 4 heteroatoms. The van der Waals surface area contributed by atoms with E-state index in [0.717, 1.165) is 12.8 Å². The number of carbonyl (C=O) groups is 1. The van der Waals surface area contributed by atoms with Gasteiger partial charge in [-0.2, -0.15) is 5.26 Å². The van der Waals surface area contributed by atoms with Gasteiger partial charge in [0.15, 0.2) is 0 Å².